The number of hydrogen-bond acceptors (Lipinski definition) is 5. The highest BCUT2D eigenvalue weighted by atomic mass is 19.4. The highest BCUT2D eigenvalue weighted by molar-refractivity contribution is 5.75. The third-order valence-electron chi connectivity index (χ3n) is 2.82. The molecular weight excluding hydrogens is 281 g/mol. The summed E-state index contributed by atoms with van der Waals surface area (Å²) in [5, 5.41) is 11.5. The number of non-ortho nitro benzene ring substituents is 1. The van der Waals surface area contributed by atoms with Crippen LogP contribution in [-0.2, 0) is 22.6 Å². The van der Waals surface area contributed by atoms with Crippen molar-refractivity contribution in [2.24, 2.45) is 0 Å². The zero-order valence-electron chi connectivity index (χ0n) is 10.0. The van der Waals surface area contributed by atoms with Crippen LogP contribution in [-0.4, -0.2) is 28.7 Å². The fourth-order valence-corrected chi connectivity index (χ4v) is 1.88. The molecule has 0 N–H and O–H groups in total. The van der Waals surface area contributed by atoms with Gasteiger partial charge < -0.3 is 4.84 Å². The zero-order chi connectivity index (χ0) is 14.9. The molecule has 9 heteroatoms. The molecule has 2 rings (SSSR count). The first-order valence-electron chi connectivity index (χ1n) is 5.57. The van der Waals surface area contributed by atoms with Crippen LogP contribution < -0.4 is 0 Å². The van der Waals surface area contributed by atoms with Crippen molar-refractivity contribution in [3.05, 3.63) is 39.4 Å². The van der Waals surface area contributed by atoms with Gasteiger partial charge in [-0.25, -0.2) is 4.79 Å². The average Bonchev–Trinajstić information content (AvgIpc) is 2.36. The number of alkyl halides is 3. The second-order valence-electron chi connectivity index (χ2n) is 4.20. The van der Waals surface area contributed by atoms with Crippen LogP contribution in [0.15, 0.2) is 18.2 Å². The van der Waals surface area contributed by atoms with Crippen LogP contribution in [0.3, 0.4) is 0 Å². The maximum Gasteiger partial charge on any atom is 0.492 e. The van der Waals surface area contributed by atoms with E-state index in [1.807, 2.05) is 0 Å². The number of carbonyl (C=O) groups is 1. The molecule has 108 valence electrons. The van der Waals surface area contributed by atoms with Gasteiger partial charge in [-0.15, -0.1) is 5.06 Å². The summed E-state index contributed by atoms with van der Waals surface area (Å²) in [6.45, 7) is -0.00847. The molecule has 0 spiro atoms. The van der Waals surface area contributed by atoms with E-state index in [-0.39, 0.29) is 18.8 Å². The summed E-state index contributed by atoms with van der Waals surface area (Å²) in [5.74, 6) is -2.30. The SMILES string of the molecule is O=C(ON1CCc2ccc([N+](=O)[O-])cc2C1)C(F)(F)F. The van der Waals surface area contributed by atoms with E-state index < -0.39 is 17.1 Å². The van der Waals surface area contributed by atoms with E-state index in [4.69, 9.17) is 0 Å². The normalized spacial score (nSPS) is 15.6. The van der Waals surface area contributed by atoms with Crippen molar-refractivity contribution in [1.29, 1.82) is 0 Å². The molecule has 0 radical (unpaired) electrons. The number of carbonyl (C=O) groups excluding carboxylic acids is 1. The Kier molecular flexibility index (Phi) is 3.62. The molecule has 0 fully saturated rings. The van der Waals surface area contributed by atoms with Gasteiger partial charge in [-0.1, -0.05) is 6.07 Å². The summed E-state index contributed by atoms with van der Waals surface area (Å²) in [6, 6.07) is 4.15. The number of hydrogen-bond donors (Lipinski definition) is 0. The largest absolute Gasteiger partial charge is 0.492 e. The number of halogens is 3. The molecule has 0 aliphatic carbocycles. The smallest absolute Gasteiger partial charge is 0.360 e. The maximum absolute atomic E-state index is 12.1. The van der Waals surface area contributed by atoms with Crippen molar-refractivity contribution in [2.75, 3.05) is 6.54 Å². The van der Waals surface area contributed by atoms with Crippen molar-refractivity contribution in [3.63, 3.8) is 0 Å². The summed E-state index contributed by atoms with van der Waals surface area (Å²) in [5.41, 5.74) is 1.10. The molecule has 20 heavy (non-hydrogen) atoms. The Morgan fingerprint density at radius 3 is 2.65 bits per heavy atom. The fraction of sp³-hybridized carbons (Fsp3) is 0.364. The minimum atomic E-state index is -5.07. The van der Waals surface area contributed by atoms with Crippen molar-refractivity contribution >= 4 is 11.7 Å². The van der Waals surface area contributed by atoms with Crippen LogP contribution in [0.2, 0.25) is 0 Å². The zero-order valence-corrected chi connectivity index (χ0v) is 10.0. The Hall–Kier alpha value is -2.16. The molecule has 0 bridgehead atoms. The molecule has 0 amide bonds. The van der Waals surface area contributed by atoms with Gasteiger partial charge in [-0.3, -0.25) is 10.1 Å². The molecule has 0 saturated carbocycles. The number of rotatable bonds is 2. The quantitative estimate of drug-likeness (QED) is 0.615. The first kappa shape index (κ1) is 14.3. The maximum atomic E-state index is 12.1. The van der Waals surface area contributed by atoms with Gasteiger partial charge in [-0.2, -0.15) is 13.2 Å². The van der Waals surface area contributed by atoms with Crippen LogP contribution >= 0.6 is 0 Å². The minimum Gasteiger partial charge on any atom is -0.360 e. The molecule has 0 atom stereocenters. The monoisotopic (exact) mass is 290 g/mol. The van der Waals surface area contributed by atoms with Gasteiger partial charge in [0.05, 0.1) is 11.5 Å². The first-order chi connectivity index (χ1) is 9.27. The van der Waals surface area contributed by atoms with E-state index in [1.54, 1.807) is 6.07 Å². The Morgan fingerprint density at radius 1 is 1.35 bits per heavy atom. The van der Waals surface area contributed by atoms with E-state index in [9.17, 15) is 28.1 Å². The molecule has 1 aromatic carbocycles. The Bertz CT molecular complexity index is 559. The van der Waals surface area contributed by atoms with Crippen LogP contribution in [0, 0.1) is 10.1 Å². The number of nitrogens with zero attached hydrogens (tertiary/aromatic N) is 2. The molecule has 1 aliphatic heterocycles. The lowest BCUT2D eigenvalue weighted by Crippen LogP contribution is -2.37. The number of nitro groups is 1. The third kappa shape index (κ3) is 3.05. The second-order valence-corrected chi connectivity index (χ2v) is 4.20. The van der Waals surface area contributed by atoms with Gasteiger partial charge in [0, 0.05) is 18.7 Å². The lowest BCUT2D eigenvalue weighted by molar-refractivity contribution is -0.385. The number of fused-ring (bicyclic) bond motifs is 1. The van der Waals surface area contributed by atoms with Crippen molar-refractivity contribution in [2.45, 2.75) is 19.1 Å². The second kappa shape index (κ2) is 5.08. The Labute approximate surface area is 110 Å². The van der Waals surface area contributed by atoms with Crippen molar-refractivity contribution in [1.82, 2.24) is 5.06 Å². The van der Waals surface area contributed by atoms with Gasteiger partial charge in [0.1, 0.15) is 0 Å². The van der Waals surface area contributed by atoms with Gasteiger partial charge in [0.25, 0.3) is 5.69 Å². The summed E-state index contributed by atoms with van der Waals surface area (Å²) in [6.07, 6.45) is -4.72. The average molecular weight is 290 g/mol. The molecule has 0 unspecified atom stereocenters. The summed E-state index contributed by atoms with van der Waals surface area (Å²) in [7, 11) is 0. The highest BCUT2D eigenvalue weighted by Gasteiger charge is 2.42. The summed E-state index contributed by atoms with van der Waals surface area (Å²) < 4.78 is 36.2. The Balaban J connectivity index is 2.12. The van der Waals surface area contributed by atoms with E-state index in [0.717, 1.165) is 10.6 Å². The molecule has 1 heterocycles. The Morgan fingerprint density at radius 2 is 2.05 bits per heavy atom. The molecule has 0 saturated heterocycles. The predicted octanol–water partition coefficient (Wildman–Crippen LogP) is 1.97. The number of hydroxylamine groups is 2. The van der Waals surface area contributed by atoms with Crippen LogP contribution in [0.4, 0.5) is 18.9 Å². The van der Waals surface area contributed by atoms with Gasteiger partial charge in [-0.05, 0) is 17.5 Å². The summed E-state index contributed by atoms with van der Waals surface area (Å²) >= 11 is 0. The first-order valence-corrected chi connectivity index (χ1v) is 5.57. The van der Waals surface area contributed by atoms with Crippen LogP contribution in [0.5, 0.6) is 0 Å². The number of nitro benzene ring substituents is 1. The van der Waals surface area contributed by atoms with E-state index >= 15 is 0 Å². The van der Waals surface area contributed by atoms with Crippen molar-refractivity contribution < 1.29 is 27.7 Å². The van der Waals surface area contributed by atoms with Gasteiger partial charge >= 0.3 is 12.1 Å². The lowest BCUT2D eigenvalue weighted by Gasteiger charge is -2.27. The molecule has 0 aromatic heterocycles. The van der Waals surface area contributed by atoms with Crippen LogP contribution in [0.1, 0.15) is 11.1 Å². The van der Waals surface area contributed by atoms with E-state index in [1.165, 1.54) is 12.1 Å². The predicted molar refractivity (Wildman–Crippen MR) is 59.4 cm³/mol. The molecule has 6 nitrogen and oxygen atoms in total. The standard InChI is InChI=1S/C11H9F3N2O4/c12-11(13,14)10(17)20-15-4-3-7-1-2-9(16(18)19)5-8(7)6-15/h1-2,5H,3-4,6H2. The summed E-state index contributed by atoms with van der Waals surface area (Å²) in [4.78, 5) is 25.0. The highest BCUT2D eigenvalue weighted by Crippen LogP contribution is 2.25. The van der Waals surface area contributed by atoms with Crippen molar-refractivity contribution in [3.8, 4) is 0 Å². The van der Waals surface area contributed by atoms with Gasteiger partial charge in [0.2, 0.25) is 0 Å². The number of benzene rings is 1. The fourth-order valence-electron chi connectivity index (χ4n) is 1.88. The molecule has 1 aliphatic rings. The minimum absolute atomic E-state index is 0.104. The topological polar surface area (TPSA) is 72.7 Å². The van der Waals surface area contributed by atoms with E-state index in [0.29, 0.717) is 12.0 Å². The molecule has 1 aromatic rings. The van der Waals surface area contributed by atoms with Gasteiger partial charge in [0.15, 0.2) is 0 Å². The van der Waals surface area contributed by atoms with Crippen LogP contribution in [0.25, 0.3) is 0 Å². The third-order valence-corrected chi connectivity index (χ3v) is 2.82. The molecular formula is C11H9F3N2O4. The lowest BCUT2D eigenvalue weighted by atomic mass is 10.0. The van der Waals surface area contributed by atoms with E-state index in [2.05, 4.69) is 4.84 Å².